The Morgan fingerprint density at radius 1 is 1.36 bits per heavy atom. The topological polar surface area (TPSA) is 87.0 Å². The molecule has 3 aromatic rings. The molecule has 28 heavy (non-hydrogen) atoms. The van der Waals surface area contributed by atoms with Crippen LogP contribution in [-0.2, 0) is 16.0 Å². The van der Waals surface area contributed by atoms with E-state index in [2.05, 4.69) is 28.8 Å². The van der Waals surface area contributed by atoms with E-state index >= 15 is 0 Å². The fourth-order valence-corrected chi connectivity index (χ4v) is 4.64. The van der Waals surface area contributed by atoms with Crippen LogP contribution in [0.3, 0.4) is 0 Å². The molecule has 0 N–H and O–H groups in total. The predicted molar refractivity (Wildman–Crippen MR) is 107 cm³/mol. The number of carbonyl (C=O) groups is 1. The molecule has 8 heteroatoms. The molecule has 1 aliphatic rings. The number of pyridine rings is 2. The Kier molecular flexibility index (Phi) is 4.66. The third kappa shape index (κ3) is 2.97. The lowest BCUT2D eigenvalue weighted by molar-refractivity contribution is -0.140. The largest absolute Gasteiger partial charge is 0.468 e. The first-order chi connectivity index (χ1) is 13.4. The molecule has 0 saturated carbocycles. The molecule has 1 unspecified atom stereocenters. The molecule has 0 aromatic carbocycles. The van der Waals surface area contributed by atoms with Gasteiger partial charge in [-0.25, -0.2) is 9.78 Å². The molecule has 7 nitrogen and oxygen atoms in total. The van der Waals surface area contributed by atoms with Crippen LogP contribution in [0.2, 0.25) is 0 Å². The molecule has 0 saturated heterocycles. The minimum absolute atomic E-state index is 0.415. The second-order valence-corrected chi connectivity index (χ2v) is 8.30. The maximum Gasteiger partial charge on any atom is 0.353 e. The second-order valence-electron chi connectivity index (χ2n) is 7.21. The second kappa shape index (κ2) is 7.01. The first kappa shape index (κ1) is 18.6. The van der Waals surface area contributed by atoms with Gasteiger partial charge in [-0.1, -0.05) is 25.6 Å². The summed E-state index contributed by atoms with van der Waals surface area (Å²) in [6, 6.07) is 3.78. The standard InChI is InChI=1S/C20H20N4O3S/c1-10(2)7-12-8-11(3)14(9-22-12)24-13-5-6-21-18-15(13)16(23-20(24)26)17(28-18)19(25)27-4/h5-6,8-10,17H,7H2,1-4H3. The number of ether oxygens (including phenoxy) is 1. The normalized spacial score (nSPS) is 15.4. The van der Waals surface area contributed by atoms with Crippen LogP contribution >= 0.6 is 11.8 Å². The quantitative estimate of drug-likeness (QED) is 0.627. The van der Waals surface area contributed by atoms with Crippen LogP contribution in [0.5, 0.6) is 0 Å². The van der Waals surface area contributed by atoms with E-state index in [9.17, 15) is 9.59 Å². The summed E-state index contributed by atoms with van der Waals surface area (Å²) in [6.07, 6.45) is 4.23. The monoisotopic (exact) mass is 396 g/mol. The van der Waals surface area contributed by atoms with Crippen molar-refractivity contribution in [1.29, 1.82) is 0 Å². The van der Waals surface area contributed by atoms with Gasteiger partial charge in [-0.05, 0) is 37.0 Å². The molecular weight excluding hydrogens is 376 g/mol. The average Bonchev–Trinajstić information content (AvgIpc) is 3.02. The number of carbonyl (C=O) groups excluding carboxylic acids is 1. The van der Waals surface area contributed by atoms with E-state index in [1.165, 1.54) is 18.9 Å². The highest BCUT2D eigenvalue weighted by Crippen LogP contribution is 2.47. The van der Waals surface area contributed by atoms with Gasteiger partial charge < -0.3 is 4.74 Å². The summed E-state index contributed by atoms with van der Waals surface area (Å²) >= 11 is 1.26. The van der Waals surface area contributed by atoms with Crippen molar-refractivity contribution in [3.05, 3.63) is 52.0 Å². The summed E-state index contributed by atoms with van der Waals surface area (Å²) in [6.45, 7) is 6.25. The number of aryl methyl sites for hydroxylation is 1. The lowest BCUT2D eigenvalue weighted by Crippen LogP contribution is -2.25. The summed E-state index contributed by atoms with van der Waals surface area (Å²) in [7, 11) is 1.32. The molecule has 1 atom stereocenters. The van der Waals surface area contributed by atoms with Crippen LogP contribution in [0, 0.1) is 12.8 Å². The fraction of sp³-hybridized carbons (Fsp3) is 0.350. The van der Waals surface area contributed by atoms with Crippen LogP contribution in [-0.4, -0.2) is 32.6 Å². The van der Waals surface area contributed by atoms with Gasteiger partial charge in [0.2, 0.25) is 0 Å². The molecule has 0 fully saturated rings. The van der Waals surface area contributed by atoms with Crippen LogP contribution in [0.4, 0.5) is 0 Å². The van der Waals surface area contributed by atoms with Crippen molar-refractivity contribution in [3.8, 4) is 5.69 Å². The first-order valence-corrected chi connectivity index (χ1v) is 9.90. The molecule has 0 aliphatic carbocycles. The highest BCUT2D eigenvalue weighted by molar-refractivity contribution is 8.00. The van der Waals surface area contributed by atoms with Crippen molar-refractivity contribution < 1.29 is 9.53 Å². The Labute approximate surface area is 166 Å². The molecule has 0 amide bonds. The highest BCUT2D eigenvalue weighted by atomic mass is 32.2. The van der Waals surface area contributed by atoms with Crippen LogP contribution in [0.15, 0.2) is 34.3 Å². The highest BCUT2D eigenvalue weighted by Gasteiger charge is 2.36. The van der Waals surface area contributed by atoms with E-state index in [-0.39, 0.29) is 0 Å². The van der Waals surface area contributed by atoms with Crippen molar-refractivity contribution in [1.82, 2.24) is 19.5 Å². The number of hydrogen-bond donors (Lipinski definition) is 0. The third-order valence-electron chi connectivity index (χ3n) is 4.69. The van der Waals surface area contributed by atoms with E-state index in [1.54, 1.807) is 23.0 Å². The van der Waals surface area contributed by atoms with Gasteiger partial charge in [-0.2, -0.15) is 4.98 Å². The maximum absolute atomic E-state index is 13.0. The van der Waals surface area contributed by atoms with Gasteiger partial charge >= 0.3 is 11.7 Å². The third-order valence-corrected chi connectivity index (χ3v) is 5.87. The summed E-state index contributed by atoms with van der Waals surface area (Å²) in [5.41, 5.74) is 3.25. The van der Waals surface area contributed by atoms with Crippen LogP contribution < -0.4 is 5.69 Å². The smallest absolute Gasteiger partial charge is 0.353 e. The first-order valence-electron chi connectivity index (χ1n) is 9.02. The van der Waals surface area contributed by atoms with Gasteiger partial charge in [0, 0.05) is 11.9 Å². The molecule has 0 spiro atoms. The van der Waals surface area contributed by atoms with E-state index in [0.29, 0.717) is 33.2 Å². The van der Waals surface area contributed by atoms with Crippen molar-refractivity contribution in [2.24, 2.45) is 5.92 Å². The Bertz CT molecular complexity index is 1160. The van der Waals surface area contributed by atoms with Crippen molar-refractivity contribution in [2.45, 2.75) is 37.5 Å². The van der Waals surface area contributed by atoms with Gasteiger partial charge in [0.15, 0.2) is 5.25 Å². The number of aromatic nitrogens is 4. The minimum Gasteiger partial charge on any atom is -0.468 e. The molecule has 0 bridgehead atoms. The number of esters is 1. The number of hydrogen-bond acceptors (Lipinski definition) is 7. The summed E-state index contributed by atoms with van der Waals surface area (Å²) in [4.78, 5) is 38.2. The SMILES string of the molecule is COC(=O)C1Sc2nccc3c2c1nc(=O)n3-c1cnc(CC(C)C)cc1C. The molecule has 0 radical (unpaired) electrons. The number of thioether (sulfide) groups is 1. The zero-order valence-corrected chi connectivity index (χ0v) is 16.9. The van der Waals surface area contributed by atoms with Gasteiger partial charge in [0.25, 0.3) is 0 Å². The fourth-order valence-electron chi connectivity index (χ4n) is 3.49. The van der Waals surface area contributed by atoms with E-state index in [1.807, 2.05) is 13.0 Å². The summed E-state index contributed by atoms with van der Waals surface area (Å²) in [5.74, 6) is 0.0575. The molecule has 1 aliphatic heterocycles. The maximum atomic E-state index is 13.0. The lowest BCUT2D eigenvalue weighted by atomic mass is 10.1. The Morgan fingerprint density at radius 2 is 2.14 bits per heavy atom. The van der Waals surface area contributed by atoms with Crippen molar-refractivity contribution in [3.63, 3.8) is 0 Å². The Hall–Kier alpha value is -2.74. The van der Waals surface area contributed by atoms with E-state index < -0.39 is 16.9 Å². The lowest BCUT2D eigenvalue weighted by Gasteiger charge is -2.14. The minimum atomic E-state index is -0.674. The zero-order chi connectivity index (χ0) is 20.0. The van der Waals surface area contributed by atoms with E-state index in [0.717, 1.165) is 17.7 Å². The van der Waals surface area contributed by atoms with Crippen LogP contribution in [0.25, 0.3) is 16.6 Å². The Balaban J connectivity index is 1.93. The van der Waals surface area contributed by atoms with Crippen molar-refractivity contribution in [2.75, 3.05) is 7.11 Å². The van der Waals surface area contributed by atoms with Crippen molar-refractivity contribution >= 4 is 28.6 Å². The Morgan fingerprint density at radius 3 is 2.82 bits per heavy atom. The molecule has 4 heterocycles. The zero-order valence-electron chi connectivity index (χ0n) is 16.1. The molecule has 3 aromatic heterocycles. The average molecular weight is 396 g/mol. The van der Waals surface area contributed by atoms with Gasteiger partial charge in [-0.15, -0.1) is 0 Å². The molecule has 144 valence electrons. The predicted octanol–water partition coefficient (Wildman–Crippen LogP) is 3.00. The molecule has 4 rings (SSSR count). The van der Waals surface area contributed by atoms with Crippen LogP contribution in [0.1, 0.15) is 36.0 Å². The summed E-state index contributed by atoms with van der Waals surface area (Å²) in [5, 5.41) is 0.715. The molecular formula is C20H20N4O3S. The van der Waals surface area contributed by atoms with Gasteiger partial charge in [-0.3, -0.25) is 14.3 Å². The number of nitrogens with zero attached hydrogens (tertiary/aromatic N) is 4. The van der Waals surface area contributed by atoms with E-state index in [4.69, 9.17) is 4.74 Å². The number of rotatable bonds is 4. The summed E-state index contributed by atoms with van der Waals surface area (Å²) < 4.78 is 6.42. The van der Waals surface area contributed by atoms with Gasteiger partial charge in [0.1, 0.15) is 5.03 Å². The van der Waals surface area contributed by atoms with Gasteiger partial charge in [0.05, 0.1) is 35.6 Å². The number of methoxy groups -OCH3 is 1.